The lowest BCUT2D eigenvalue weighted by molar-refractivity contribution is -0.320. The van der Waals surface area contributed by atoms with E-state index in [4.69, 9.17) is 23.7 Å². The van der Waals surface area contributed by atoms with Gasteiger partial charge in [0.1, 0.15) is 35.3 Å². The first-order chi connectivity index (χ1) is 25.8. The van der Waals surface area contributed by atoms with E-state index in [2.05, 4.69) is 5.32 Å². The quantitative estimate of drug-likeness (QED) is 0.188. The van der Waals surface area contributed by atoms with Gasteiger partial charge in [-0.1, -0.05) is 68.0 Å². The summed E-state index contributed by atoms with van der Waals surface area (Å²) in [5, 5.41) is 27.4. The van der Waals surface area contributed by atoms with Crippen molar-refractivity contribution in [2.24, 2.45) is 17.3 Å². The molecule has 1 aliphatic heterocycles. The molecule has 2 bridgehead atoms. The maximum Gasteiger partial charge on any atom is 0.408 e. The Bertz CT molecular complexity index is 1850. The van der Waals surface area contributed by atoms with Gasteiger partial charge in [0.15, 0.2) is 11.7 Å². The van der Waals surface area contributed by atoms with Crippen molar-refractivity contribution < 1.29 is 57.9 Å². The average Bonchev–Trinajstić information content (AvgIpc) is 3.11. The number of benzene rings is 2. The number of alkyl carbamates (subject to hydrolysis) is 1. The molecule has 2 saturated carbocycles. The Hall–Kier alpha value is -4.59. The zero-order valence-corrected chi connectivity index (χ0v) is 32.3. The lowest BCUT2D eigenvalue weighted by Gasteiger charge is -2.63. The van der Waals surface area contributed by atoms with Crippen LogP contribution in [0.2, 0.25) is 0 Å². The van der Waals surface area contributed by atoms with Gasteiger partial charge in [0.25, 0.3) is 0 Å². The number of Topliss-reactive ketones (excluding diaryl/α,β-unsaturated/α-hetero) is 1. The van der Waals surface area contributed by atoms with E-state index in [0.717, 1.165) is 0 Å². The van der Waals surface area contributed by atoms with E-state index >= 15 is 0 Å². The molecular weight excluding hydrogens is 710 g/mol. The molecule has 0 aromatic heterocycles. The summed E-state index contributed by atoms with van der Waals surface area (Å²) in [7, 11) is 0. The SMILES string of the molecule is CC(=O)O[C@@]12CO[C@@H]1CC[C@@H]1C(=O)CC3=C(C)[C@@H](OC(=O)[C@H](O)[C@@H](NC(=O)OC(C)(C)C)c4ccccc4)C[C@@](O)([C@@H](OC(=O)c4ccccc4)[C@@H]12)C3(C)C. The Morgan fingerprint density at radius 3 is 2.18 bits per heavy atom. The van der Waals surface area contributed by atoms with Gasteiger partial charge >= 0.3 is 24.0 Å². The van der Waals surface area contributed by atoms with Gasteiger partial charge < -0.3 is 39.2 Å². The van der Waals surface area contributed by atoms with Crippen LogP contribution in [0.1, 0.15) is 96.1 Å². The van der Waals surface area contributed by atoms with E-state index in [1.165, 1.54) is 6.92 Å². The highest BCUT2D eigenvalue weighted by Gasteiger charge is 2.72. The van der Waals surface area contributed by atoms with Crippen molar-refractivity contribution >= 4 is 29.8 Å². The third kappa shape index (κ3) is 7.41. The number of aliphatic hydroxyl groups is 2. The predicted octanol–water partition coefficient (Wildman–Crippen LogP) is 4.93. The van der Waals surface area contributed by atoms with E-state index in [1.54, 1.807) is 102 Å². The molecule has 13 heteroatoms. The van der Waals surface area contributed by atoms with Crippen LogP contribution in [-0.4, -0.2) is 87.8 Å². The van der Waals surface area contributed by atoms with Crippen molar-refractivity contribution in [2.45, 2.75) is 121 Å². The van der Waals surface area contributed by atoms with Crippen molar-refractivity contribution in [2.75, 3.05) is 6.61 Å². The number of ether oxygens (including phenoxy) is 5. The molecule has 1 saturated heterocycles. The molecule has 3 fully saturated rings. The minimum atomic E-state index is -2.02. The third-order valence-corrected chi connectivity index (χ3v) is 11.9. The Morgan fingerprint density at radius 2 is 1.60 bits per heavy atom. The molecule has 55 heavy (non-hydrogen) atoms. The number of aliphatic hydroxyl groups excluding tert-OH is 1. The van der Waals surface area contributed by atoms with E-state index in [-0.39, 0.29) is 30.8 Å². The van der Waals surface area contributed by atoms with Crippen LogP contribution in [0.5, 0.6) is 0 Å². The summed E-state index contributed by atoms with van der Waals surface area (Å²) in [6.07, 6.45) is -5.75. The van der Waals surface area contributed by atoms with Crippen molar-refractivity contribution in [1.29, 1.82) is 0 Å². The number of hydrogen-bond donors (Lipinski definition) is 3. The fourth-order valence-electron chi connectivity index (χ4n) is 9.03. The van der Waals surface area contributed by atoms with Gasteiger partial charge in [-0.3, -0.25) is 9.59 Å². The Labute approximate surface area is 320 Å². The summed E-state index contributed by atoms with van der Waals surface area (Å²) in [5.74, 6) is -4.49. The van der Waals surface area contributed by atoms with Crippen LogP contribution in [0.25, 0.3) is 0 Å². The van der Waals surface area contributed by atoms with Gasteiger partial charge in [0.2, 0.25) is 0 Å². The minimum absolute atomic E-state index is 0.0700. The molecule has 1 amide bonds. The summed E-state index contributed by atoms with van der Waals surface area (Å²) in [6.45, 7) is 11.4. The zero-order chi connectivity index (χ0) is 40.1. The largest absolute Gasteiger partial charge is 0.456 e. The van der Waals surface area contributed by atoms with Gasteiger partial charge in [-0.25, -0.2) is 14.4 Å². The van der Waals surface area contributed by atoms with Crippen LogP contribution in [0, 0.1) is 17.3 Å². The smallest absolute Gasteiger partial charge is 0.408 e. The molecule has 296 valence electrons. The topological polar surface area (TPSA) is 184 Å². The highest BCUT2D eigenvalue weighted by Crippen LogP contribution is 2.60. The number of nitrogens with one attached hydrogen (secondary N) is 1. The lowest BCUT2D eigenvalue weighted by Crippen LogP contribution is -2.76. The molecule has 3 N–H and O–H groups in total. The minimum Gasteiger partial charge on any atom is -0.456 e. The number of rotatable bonds is 8. The number of hydrogen-bond acceptors (Lipinski definition) is 12. The predicted molar refractivity (Wildman–Crippen MR) is 196 cm³/mol. The molecule has 6 rings (SSSR count). The monoisotopic (exact) mass is 761 g/mol. The van der Waals surface area contributed by atoms with Gasteiger partial charge in [-0.05, 0) is 63.8 Å². The molecule has 1 heterocycles. The van der Waals surface area contributed by atoms with Crippen molar-refractivity contribution in [1.82, 2.24) is 5.32 Å². The van der Waals surface area contributed by atoms with Gasteiger partial charge in [-0.2, -0.15) is 0 Å². The van der Waals surface area contributed by atoms with Crippen LogP contribution in [-0.2, 0) is 38.1 Å². The maximum absolute atomic E-state index is 14.5. The zero-order valence-electron chi connectivity index (χ0n) is 32.3. The molecule has 9 atom stereocenters. The van der Waals surface area contributed by atoms with Crippen molar-refractivity contribution in [3.63, 3.8) is 0 Å². The van der Waals surface area contributed by atoms with Crippen molar-refractivity contribution in [3.05, 3.63) is 82.9 Å². The Morgan fingerprint density at radius 1 is 0.964 bits per heavy atom. The van der Waals surface area contributed by atoms with E-state index in [0.29, 0.717) is 29.6 Å². The van der Waals surface area contributed by atoms with Crippen LogP contribution in [0.3, 0.4) is 0 Å². The van der Waals surface area contributed by atoms with Gasteiger partial charge in [0, 0.05) is 31.1 Å². The van der Waals surface area contributed by atoms with Gasteiger partial charge in [0.05, 0.1) is 24.1 Å². The number of ketones is 1. The number of fused-ring (bicyclic) bond motifs is 5. The van der Waals surface area contributed by atoms with Crippen LogP contribution in [0.15, 0.2) is 71.8 Å². The number of amides is 1. The summed E-state index contributed by atoms with van der Waals surface area (Å²) in [5.41, 5.74) is -3.93. The first-order valence-corrected chi connectivity index (χ1v) is 18.7. The number of carbonyl (C=O) groups is 5. The molecule has 13 nitrogen and oxygen atoms in total. The molecule has 3 aliphatic carbocycles. The number of esters is 3. The van der Waals surface area contributed by atoms with E-state index in [1.807, 2.05) is 0 Å². The fraction of sp³-hybridized carbons (Fsp3) is 0.548. The second kappa shape index (κ2) is 14.8. The van der Waals surface area contributed by atoms with Crippen LogP contribution >= 0.6 is 0 Å². The standard InChI is InChI=1S/C42H51NO12/c1-23-28-20-29(45)27-18-19-31-41(22-51-31,54-24(2)44)32(27)35(53-36(47)26-16-12-9-13-17-26)42(50,40(28,6)7)21-30(23)52-37(48)34(46)33(25-14-10-8-11-15-25)43-38(49)55-39(3,4)5/h8-17,27,30-35,46,50H,18-22H2,1-7H3,(H,43,49)/t27-,30+,31-,32-,33+,34-,35+,41+,42-/m1/s1. The molecular formula is C42H51NO12. The molecule has 0 unspecified atom stereocenters. The van der Waals surface area contributed by atoms with Crippen LogP contribution in [0.4, 0.5) is 4.79 Å². The van der Waals surface area contributed by atoms with E-state index in [9.17, 15) is 34.2 Å². The highest BCUT2D eigenvalue weighted by atomic mass is 16.6. The normalized spacial score (nSPS) is 30.8. The molecule has 0 spiro atoms. The summed E-state index contributed by atoms with van der Waals surface area (Å²) in [4.78, 5) is 68.1. The highest BCUT2D eigenvalue weighted by molar-refractivity contribution is 5.90. The fourth-order valence-corrected chi connectivity index (χ4v) is 9.03. The first kappa shape index (κ1) is 40.1. The maximum atomic E-state index is 14.5. The molecule has 2 aromatic rings. The molecule has 0 radical (unpaired) electrons. The lowest BCUT2D eigenvalue weighted by atomic mass is 9.49. The first-order valence-electron chi connectivity index (χ1n) is 18.7. The second-order valence-electron chi connectivity index (χ2n) is 16.7. The second-order valence-corrected chi connectivity index (χ2v) is 16.7. The van der Waals surface area contributed by atoms with E-state index < -0.39 is 88.5 Å². The molecule has 4 aliphatic rings. The number of carbonyl (C=O) groups excluding carboxylic acids is 5. The molecule has 2 aromatic carbocycles. The van der Waals surface area contributed by atoms with Gasteiger partial charge in [-0.15, -0.1) is 0 Å². The Kier molecular flexibility index (Phi) is 10.8. The Balaban J connectivity index is 1.41. The average molecular weight is 762 g/mol. The van der Waals surface area contributed by atoms with Crippen LogP contribution < -0.4 is 5.32 Å². The third-order valence-electron chi connectivity index (χ3n) is 11.9. The summed E-state index contributed by atoms with van der Waals surface area (Å²) >= 11 is 0. The summed E-state index contributed by atoms with van der Waals surface area (Å²) in [6, 6.07) is 15.3. The van der Waals surface area contributed by atoms with Crippen molar-refractivity contribution in [3.8, 4) is 0 Å². The summed E-state index contributed by atoms with van der Waals surface area (Å²) < 4.78 is 29.8.